The number of esters is 1. The number of carbonyl (C=O) groups is 3. The molecule has 1 atom stereocenters. The van der Waals surface area contributed by atoms with Crippen molar-refractivity contribution < 1.29 is 23.9 Å². The van der Waals surface area contributed by atoms with Crippen LogP contribution in [-0.2, 0) is 25.5 Å². The van der Waals surface area contributed by atoms with Gasteiger partial charge in [-0.05, 0) is 43.7 Å². The number of hydrogen-bond donors (Lipinski definition) is 2. The SMILES string of the molecule is CCOc1ccccc1NC(=O)[C@H](C)OC(=O)Cc1ccc(NC(C)=O)cc1. The molecule has 0 radical (unpaired) electrons. The summed E-state index contributed by atoms with van der Waals surface area (Å²) in [6.07, 6.45) is -0.936. The average molecular weight is 384 g/mol. The van der Waals surface area contributed by atoms with Gasteiger partial charge in [0.05, 0.1) is 18.7 Å². The number of anilines is 2. The van der Waals surface area contributed by atoms with E-state index in [0.717, 1.165) is 0 Å². The Balaban J connectivity index is 1.89. The molecule has 0 fully saturated rings. The van der Waals surface area contributed by atoms with E-state index in [2.05, 4.69) is 10.6 Å². The minimum atomic E-state index is -0.958. The molecule has 2 amide bonds. The average Bonchev–Trinajstić information content (AvgIpc) is 2.64. The fourth-order valence-corrected chi connectivity index (χ4v) is 2.45. The van der Waals surface area contributed by atoms with Crippen LogP contribution in [0.4, 0.5) is 11.4 Å². The Labute approximate surface area is 164 Å². The monoisotopic (exact) mass is 384 g/mol. The molecule has 148 valence electrons. The van der Waals surface area contributed by atoms with E-state index < -0.39 is 18.0 Å². The third-order valence-electron chi connectivity index (χ3n) is 3.74. The predicted molar refractivity (Wildman–Crippen MR) is 106 cm³/mol. The highest BCUT2D eigenvalue weighted by atomic mass is 16.5. The van der Waals surface area contributed by atoms with Gasteiger partial charge in [-0.3, -0.25) is 14.4 Å². The molecule has 2 N–H and O–H groups in total. The van der Waals surface area contributed by atoms with Crippen molar-refractivity contribution in [2.45, 2.75) is 33.3 Å². The molecule has 0 aliphatic carbocycles. The second-order valence-electron chi connectivity index (χ2n) is 6.11. The van der Waals surface area contributed by atoms with Gasteiger partial charge in [-0.2, -0.15) is 0 Å². The Bertz CT molecular complexity index is 833. The highest BCUT2D eigenvalue weighted by Gasteiger charge is 2.19. The van der Waals surface area contributed by atoms with E-state index in [9.17, 15) is 14.4 Å². The van der Waals surface area contributed by atoms with Crippen molar-refractivity contribution in [2.75, 3.05) is 17.2 Å². The van der Waals surface area contributed by atoms with Crippen molar-refractivity contribution in [2.24, 2.45) is 0 Å². The summed E-state index contributed by atoms with van der Waals surface area (Å²) in [4.78, 5) is 35.5. The molecule has 0 heterocycles. The summed E-state index contributed by atoms with van der Waals surface area (Å²) in [6, 6.07) is 13.9. The third-order valence-corrected chi connectivity index (χ3v) is 3.74. The maximum absolute atomic E-state index is 12.3. The molecule has 7 heteroatoms. The molecule has 7 nitrogen and oxygen atoms in total. The number of para-hydroxylation sites is 2. The molecule has 0 aliphatic rings. The summed E-state index contributed by atoms with van der Waals surface area (Å²) < 4.78 is 10.7. The second-order valence-corrected chi connectivity index (χ2v) is 6.11. The first-order chi connectivity index (χ1) is 13.4. The highest BCUT2D eigenvalue weighted by molar-refractivity contribution is 5.96. The summed E-state index contributed by atoms with van der Waals surface area (Å²) in [5.74, 6) is -0.580. The Hall–Kier alpha value is -3.35. The highest BCUT2D eigenvalue weighted by Crippen LogP contribution is 2.24. The molecule has 28 heavy (non-hydrogen) atoms. The molecule has 0 bridgehead atoms. The summed E-state index contributed by atoms with van der Waals surface area (Å²) in [6.45, 7) is 5.25. The van der Waals surface area contributed by atoms with Crippen molar-refractivity contribution in [1.29, 1.82) is 0 Å². The van der Waals surface area contributed by atoms with Crippen LogP contribution in [0.15, 0.2) is 48.5 Å². The lowest BCUT2D eigenvalue weighted by atomic mass is 10.1. The van der Waals surface area contributed by atoms with Gasteiger partial charge in [-0.25, -0.2) is 0 Å². The van der Waals surface area contributed by atoms with E-state index in [1.165, 1.54) is 13.8 Å². The van der Waals surface area contributed by atoms with Crippen molar-refractivity contribution in [3.8, 4) is 5.75 Å². The van der Waals surface area contributed by atoms with E-state index in [0.29, 0.717) is 29.3 Å². The summed E-state index contributed by atoms with van der Waals surface area (Å²) in [7, 11) is 0. The summed E-state index contributed by atoms with van der Waals surface area (Å²) in [5, 5.41) is 5.36. The van der Waals surface area contributed by atoms with Crippen LogP contribution < -0.4 is 15.4 Å². The second kappa shape index (κ2) is 10.1. The van der Waals surface area contributed by atoms with Crippen LogP contribution in [0.1, 0.15) is 26.3 Å². The molecular weight excluding hydrogens is 360 g/mol. The number of carbonyl (C=O) groups excluding carboxylic acids is 3. The van der Waals surface area contributed by atoms with Crippen LogP contribution in [0, 0.1) is 0 Å². The summed E-state index contributed by atoms with van der Waals surface area (Å²) >= 11 is 0. The topological polar surface area (TPSA) is 93.7 Å². The van der Waals surface area contributed by atoms with Crippen LogP contribution >= 0.6 is 0 Å². The van der Waals surface area contributed by atoms with Gasteiger partial charge in [0, 0.05) is 12.6 Å². The predicted octanol–water partition coefficient (Wildman–Crippen LogP) is 3.16. The molecule has 2 aromatic carbocycles. The number of amides is 2. The van der Waals surface area contributed by atoms with Crippen molar-refractivity contribution in [3.63, 3.8) is 0 Å². The van der Waals surface area contributed by atoms with Gasteiger partial charge in [0.2, 0.25) is 5.91 Å². The molecule has 0 saturated heterocycles. The molecule has 0 aromatic heterocycles. The first kappa shape index (κ1) is 21.0. The Morgan fingerprint density at radius 2 is 1.68 bits per heavy atom. The largest absolute Gasteiger partial charge is 0.492 e. The Morgan fingerprint density at radius 3 is 2.32 bits per heavy atom. The maximum Gasteiger partial charge on any atom is 0.311 e. The zero-order valence-corrected chi connectivity index (χ0v) is 16.2. The van der Waals surface area contributed by atoms with Gasteiger partial charge in [-0.15, -0.1) is 0 Å². The van der Waals surface area contributed by atoms with Crippen LogP contribution in [0.3, 0.4) is 0 Å². The number of nitrogens with one attached hydrogen (secondary N) is 2. The van der Waals surface area contributed by atoms with Gasteiger partial charge in [0.25, 0.3) is 5.91 Å². The van der Waals surface area contributed by atoms with Crippen molar-refractivity contribution in [1.82, 2.24) is 0 Å². The summed E-state index contributed by atoms with van der Waals surface area (Å²) in [5.41, 5.74) is 1.88. The number of ether oxygens (including phenoxy) is 2. The fourth-order valence-electron chi connectivity index (χ4n) is 2.45. The molecule has 2 aromatic rings. The van der Waals surface area contributed by atoms with Gasteiger partial charge < -0.3 is 20.1 Å². The zero-order valence-electron chi connectivity index (χ0n) is 16.2. The number of benzene rings is 2. The lowest BCUT2D eigenvalue weighted by molar-refractivity contribution is -0.152. The number of hydrogen-bond acceptors (Lipinski definition) is 5. The smallest absolute Gasteiger partial charge is 0.311 e. The van der Waals surface area contributed by atoms with E-state index >= 15 is 0 Å². The minimum absolute atomic E-state index is 0.0213. The van der Waals surface area contributed by atoms with Gasteiger partial charge in [-0.1, -0.05) is 24.3 Å². The van der Waals surface area contributed by atoms with Crippen molar-refractivity contribution >= 4 is 29.2 Å². The minimum Gasteiger partial charge on any atom is -0.492 e. The van der Waals surface area contributed by atoms with E-state index in [-0.39, 0.29) is 12.3 Å². The normalized spacial score (nSPS) is 11.2. The van der Waals surface area contributed by atoms with Gasteiger partial charge in [0.1, 0.15) is 5.75 Å². The molecular formula is C21H24N2O5. The van der Waals surface area contributed by atoms with Crippen LogP contribution in [0.5, 0.6) is 5.75 Å². The third kappa shape index (κ3) is 6.42. The zero-order chi connectivity index (χ0) is 20.5. The van der Waals surface area contributed by atoms with Crippen molar-refractivity contribution in [3.05, 3.63) is 54.1 Å². The van der Waals surface area contributed by atoms with Gasteiger partial charge in [0.15, 0.2) is 6.10 Å². The van der Waals surface area contributed by atoms with Crippen LogP contribution in [0.2, 0.25) is 0 Å². The quantitative estimate of drug-likeness (QED) is 0.682. The van der Waals surface area contributed by atoms with E-state index in [4.69, 9.17) is 9.47 Å². The molecule has 0 aliphatic heterocycles. The fraction of sp³-hybridized carbons (Fsp3) is 0.286. The Kier molecular flexibility index (Phi) is 7.56. The first-order valence-corrected chi connectivity index (χ1v) is 8.97. The van der Waals surface area contributed by atoms with Crippen LogP contribution in [-0.4, -0.2) is 30.5 Å². The van der Waals surface area contributed by atoms with Crippen LogP contribution in [0.25, 0.3) is 0 Å². The number of rotatable bonds is 8. The Morgan fingerprint density at radius 1 is 1.00 bits per heavy atom. The molecule has 0 unspecified atom stereocenters. The molecule has 2 rings (SSSR count). The lowest BCUT2D eigenvalue weighted by Gasteiger charge is -2.15. The standard InChI is InChI=1S/C21H24N2O5/c1-4-27-19-8-6-5-7-18(19)23-21(26)14(2)28-20(25)13-16-9-11-17(12-10-16)22-15(3)24/h5-12,14H,4,13H2,1-3H3,(H,22,24)(H,23,26)/t14-/m0/s1. The van der Waals surface area contributed by atoms with E-state index in [1.54, 1.807) is 48.5 Å². The van der Waals surface area contributed by atoms with E-state index in [1.807, 2.05) is 6.92 Å². The first-order valence-electron chi connectivity index (χ1n) is 8.97. The molecule has 0 spiro atoms. The molecule has 0 saturated carbocycles. The lowest BCUT2D eigenvalue weighted by Crippen LogP contribution is -2.30. The van der Waals surface area contributed by atoms with Gasteiger partial charge >= 0.3 is 5.97 Å². The maximum atomic E-state index is 12.3.